The highest BCUT2D eigenvalue weighted by Crippen LogP contribution is 2.14. The number of H-pyrrole nitrogens is 1. The third-order valence-electron chi connectivity index (χ3n) is 3.81. The summed E-state index contributed by atoms with van der Waals surface area (Å²) in [5.74, 6) is -1.36. The van der Waals surface area contributed by atoms with Gasteiger partial charge in [0.05, 0.1) is 11.5 Å². The van der Waals surface area contributed by atoms with Crippen LogP contribution in [0.5, 0.6) is 0 Å². The second kappa shape index (κ2) is 5.14. The molecule has 1 aromatic carbocycles. The van der Waals surface area contributed by atoms with Gasteiger partial charge in [0.25, 0.3) is 5.56 Å². The number of aryl methyl sites for hydroxylation is 2. The molecule has 0 saturated heterocycles. The van der Waals surface area contributed by atoms with Gasteiger partial charge in [0.15, 0.2) is 5.65 Å². The van der Waals surface area contributed by atoms with E-state index < -0.39 is 5.97 Å². The summed E-state index contributed by atoms with van der Waals surface area (Å²) in [6.45, 7) is 3.69. The molecule has 0 saturated carbocycles. The van der Waals surface area contributed by atoms with Gasteiger partial charge >= 0.3 is 0 Å². The van der Waals surface area contributed by atoms with Crippen LogP contribution in [-0.2, 0) is 6.42 Å². The molecule has 2 aromatic heterocycles. The van der Waals surface area contributed by atoms with Crippen molar-refractivity contribution in [3.8, 4) is 0 Å². The summed E-state index contributed by atoms with van der Waals surface area (Å²) in [7, 11) is 0. The van der Waals surface area contributed by atoms with E-state index >= 15 is 0 Å². The fourth-order valence-corrected chi connectivity index (χ4v) is 2.51. The number of fused-ring (bicyclic) bond motifs is 1. The number of hydrogen-bond acceptors (Lipinski definition) is 4. The first-order chi connectivity index (χ1) is 10.5. The number of carbonyl (C=O) groups is 1. The lowest BCUT2D eigenvalue weighted by molar-refractivity contribution is -0.254. The summed E-state index contributed by atoms with van der Waals surface area (Å²) >= 11 is 0. The molecular weight excluding hydrogens is 282 g/mol. The van der Waals surface area contributed by atoms with Crippen LogP contribution in [0, 0.1) is 13.8 Å². The number of hydrogen-bond donors (Lipinski definition) is 1. The molecule has 6 nitrogen and oxygen atoms in total. The molecule has 112 valence electrons. The van der Waals surface area contributed by atoms with Crippen LogP contribution in [0.1, 0.15) is 32.7 Å². The molecule has 0 fully saturated rings. The Bertz CT molecular complexity index is 937. The van der Waals surface area contributed by atoms with Crippen LogP contribution >= 0.6 is 0 Å². The molecule has 1 N–H and O–H groups in total. The van der Waals surface area contributed by atoms with E-state index in [2.05, 4.69) is 10.1 Å². The molecule has 0 amide bonds. The largest absolute Gasteiger partial charge is 0.545 e. The molecule has 0 aliphatic rings. The third-order valence-corrected chi connectivity index (χ3v) is 3.81. The molecule has 0 bridgehead atoms. The predicted octanol–water partition coefficient (Wildman–Crippen LogP) is 0.594. The molecule has 3 aromatic rings. The Labute approximate surface area is 126 Å². The van der Waals surface area contributed by atoms with Crippen molar-refractivity contribution in [3.63, 3.8) is 0 Å². The smallest absolute Gasteiger partial charge is 0.276 e. The number of aromatic nitrogens is 3. The molecule has 6 heteroatoms. The van der Waals surface area contributed by atoms with Crippen LogP contribution in [0.3, 0.4) is 0 Å². The maximum Gasteiger partial charge on any atom is 0.276 e. The topological polar surface area (TPSA) is 90.3 Å². The number of benzene rings is 1. The summed E-state index contributed by atoms with van der Waals surface area (Å²) < 4.78 is 1.14. The van der Waals surface area contributed by atoms with Crippen LogP contribution in [0.25, 0.3) is 5.65 Å². The Morgan fingerprint density at radius 1 is 1.32 bits per heavy atom. The van der Waals surface area contributed by atoms with Gasteiger partial charge in [-0.15, -0.1) is 0 Å². The van der Waals surface area contributed by atoms with E-state index in [-0.39, 0.29) is 16.8 Å². The summed E-state index contributed by atoms with van der Waals surface area (Å²) in [6, 6.07) is 7.81. The Morgan fingerprint density at radius 3 is 2.73 bits per heavy atom. The number of carboxylic acids is 1. The number of carboxylic acid groups (broad SMARTS) is 1. The number of carbonyl (C=O) groups excluding carboxylic acids is 1. The van der Waals surface area contributed by atoms with Crippen LogP contribution in [-0.4, -0.2) is 20.6 Å². The molecule has 2 heterocycles. The number of nitrogens with one attached hydrogen (secondary N) is 1. The standard InChI is InChI=1S/C16H15N3O3/c1-9-5-3-4-6-11(9)7-12-10(2)18-14-13(16(21)22)8-17-19(14)15(12)20/h3-6,8,17H,7H2,1-2H3,(H,21,22)/p-1. The molecule has 0 aliphatic carbocycles. The van der Waals surface area contributed by atoms with Crippen LogP contribution in [0.2, 0.25) is 0 Å². The van der Waals surface area contributed by atoms with E-state index in [0.29, 0.717) is 17.7 Å². The molecule has 0 aliphatic heterocycles. The fourth-order valence-electron chi connectivity index (χ4n) is 2.51. The minimum absolute atomic E-state index is 0.0797. The van der Waals surface area contributed by atoms with Crippen molar-refractivity contribution >= 4 is 11.6 Å². The van der Waals surface area contributed by atoms with E-state index in [1.165, 1.54) is 6.20 Å². The summed E-state index contributed by atoms with van der Waals surface area (Å²) in [6.07, 6.45) is 1.67. The number of aromatic carboxylic acids is 1. The Hall–Kier alpha value is -2.89. The predicted molar refractivity (Wildman–Crippen MR) is 78.9 cm³/mol. The zero-order valence-corrected chi connectivity index (χ0v) is 12.2. The van der Waals surface area contributed by atoms with E-state index in [4.69, 9.17) is 0 Å². The zero-order chi connectivity index (χ0) is 15.9. The molecule has 0 radical (unpaired) electrons. The SMILES string of the molecule is Cc1ccccc1Cc1c(C)nc2c(C(=O)[O-])c[nH]n2c1=O. The van der Waals surface area contributed by atoms with Crippen LogP contribution in [0.15, 0.2) is 35.3 Å². The third kappa shape index (κ3) is 2.18. The van der Waals surface area contributed by atoms with Gasteiger partial charge in [-0.3, -0.25) is 9.89 Å². The van der Waals surface area contributed by atoms with Gasteiger partial charge in [0.2, 0.25) is 0 Å². The van der Waals surface area contributed by atoms with Crippen molar-refractivity contribution < 1.29 is 9.90 Å². The first-order valence-corrected chi connectivity index (χ1v) is 6.84. The van der Waals surface area contributed by atoms with E-state index in [0.717, 1.165) is 15.6 Å². The van der Waals surface area contributed by atoms with Gasteiger partial charge < -0.3 is 9.90 Å². The monoisotopic (exact) mass is 296 g/mol. The maximum absolute atomic E-state index is 12.6. The highest BCUT2D eigenvalue weighted by molar-refractivity contribution is 5.92. The Kier molecular flexibility index (Phi) is 3.29. The van der Waals surface area contributed by atoms with E-state index in [9.17, 15) is 14.7 Å². The summed E-state index contributed by atoms with van der Waals surface area (Å²) in [5.41, 5.74) is 2.86. The molecular formula is C16H14N3O3-. The van der Waals surface area contributed by atoms with Crippen molar-refractivity contribution in [2.75, 3.05) is 0 Å². The summed E-state index contributed by atoms with van der Waals surface area (Å²) in [5, 5.41) is 13.7. The normalized spacial score (nSPS) is 11.0. The number of nitrogens with zero attached hydrogens (tertiary/aromatic N) is 2. The van der Waals surface area contributed by atoms with Crippen molar-refractivity contribution in [1.82, 2.24) is 14.6 Å². The van der Waals surface area contributed by atoms with Gasteiger partial charge in [0.1, 0.15) is 0 Å². The molecule has 0 unspecified atom stereocenters. The van der Waals surface area contributed by atoms with Crippen molar-refractivity contribution in [2.45, 2.75) is 20.3 Å². The lowest BCUT2D eigenvalue weighted by atomic mass is 10.0. The lowest BCUT2D eigenvalue weighted by Crippen LogP contribution is -2.25. The van der Waals surface area contributed by atoms with Crippen molar-refractivity contribution in [2.24, 2.45) is 0 Å². The van der Waals surface area contributed by atoms with Crippen molar-refractivity contribution in [3.05, 3.63) is 68.8 Å². The minimum Gasteiger partial charge on any atom is -0.545 e. The fraction of sp³-hybridized carbons (Fsp3) is 0.188. The first kappa shape index (κ1) is 14.1. The minimum atomic E-state index is -1.36. The highest BCUT2D eigenvalue weighted by Gasteiger charge is 2.15. The van der Waals surface area contributed by atoms with Gasteiger partial charge in [0, 0.05) is 23.9 Å². The van der Waals surface area contributed by atoms with E-state index in [1.54, 1.807) is 6.92 Å². The quantitative estimate of drug-likeness (QED) is 0.766. The number of aromatic amines is 1. The van der Waals surface area contributed by atoms with Crippen LogP contribution in [0.4, 0.5) is 0 Å². The van der Waals surface area contributed by atoms with Gasteiger partial charge in [-0.25, -0.2) is 9.50 Å². The van der Waals surface area contributed by atoms with E-state index in [1.807, 2.05) is 31.2 Å². The summed E-state index contributed by atoms with van der Waals surface area (Å²) in [4.78, 5) is 27.9. The second-order valence-corrected chi connectivity index (χ2v) is 5.22. The highest BCUT2D eigenvalue weighted by atomic mass is 16.4. The first-order valence-electron chi connectivity index (χ1n) is 6.84. The molecule has 0 atom stereocenters. The van der Waals surface area contributed by atoms with Gasteiger partial charge in [-0.2, -0.15) is 0 Å². The average Bonchev–Trinajstić information content (AvgIpc) is 2.89. The Balaban J connectivity index is 2.18. The Morgan fingerprint density at radius 2 is 2.05 bits per heavy atom. The molecule has 22 heavy (non-hydrogen) atoms. The van der Waals surface area contributed by atoms with Gasteiger partial charge in [-0.05, 0) is 25.0 Å². The average molecular weight is 296 g/mol. The zero-order valence-electron chi connectivity index (χ0n) is 12.2. The lowest BCUT2D eigenvalue weighted by Gasteiger charge is -2.08. The maximum atomic E-state index is 12.6. The van der Waals surface area contributed by atoms with Crippen molar-refractivity contribution in [1.29, 1.82) is 0 Å². The van der Waals surface area contributed by atoms with Crippen LogP contribution < -0.4 is 10.7 Å². The van der Waals surface area contributed by atoms with Gasteiger partial charge in [-0.1, -0.05) is 24.3 Å². The number of rotatable bonds is 3. The second-order valence-electron chi connectivity index (χ2n) is 5.22. The molecule has 0 spiro atoms. The molecule has 3 rings (SSSR count).